The van der Waals surface area contributed by atoms with Crippen molar-refractivity contribution >= 4 is 15.5 Å². The van der Waals surface area contributed by atoms with Gasteiger partial charge in [-0.3, -0.25) is 4.57 Å². The molecule has 1 aliphatic rings. The number of aromatic amines is 1. The molecular weight excluding hydrogens is 330 g/mol. The highest BCUT2D eigenvalue weighted by atomic mass is 32.2. The number of alkyl halides is 2. The van der Waals surface area contributed by atoms with Gasteiger partial charge in [0, 0.05) is 11.7 Å². The van der Waals surface area contributed by atoms with Gasteiger partial charge >= 0.3 is 11.4 Å². The molecule has 0 atom stereocenters. The maximum atomic E-state index is 12.4. The van der Waals surface area contributed by atoms with Crippen LogP contribution < -0.4 is 11.0 Å². The molecule has 2 aromatic rings. The Labute approximate surface area is 130 Å². The van der Waals surface area contributed by atoms with Gasteiger partial charge in [0.15, 0.2) is 5.82 Å². The van der Waals surface area contributed by atoms with E-state index in [1.807, 2.05) is 0 Å². The first-order chi connectivity index (χ1) is 10.9. The van der Waals surface area contributed by atoms with E-state index in [4.69, 9.17) is 0 Å². The van der Waals surface area contributed by atoms with E-state index in [9.17, 15) is 22.0 Å². The van der Waals surface area contributed by atoms with Crippen LogP contribution in [0.1, 0.15) is 24.7 Å². The summed E-state index contributed by atoms with van der Waals surface area (Å²) in [6.07, 6.45) is 1.87. The fourth-order valence-corrected chi connectivity index (χ4v) is 2.94. The maximum absolute atomic E-state index is 12.4. The Hall–Kier alpha value is -2.23. The fourth-order valence-electron chi connectivity index (χ4n) is 2.22. The van der Waals surface area contributed by atoms with Crippen molar-refractivity contribution in [3.63, 3.8) is 0 Å². The van der Waals surface area contributed by atoms with Crippen molar-refractivity contribution in [1.82, 2.24) is 14.8 Å². The molecule has 124 valence electrons. The molecule has 0 saturated heterocycles. The number of halogens is 2. The highest BCUT2D eigenvalue weighted by molar-refractivity contribution is 7.91. The van der Waals surface area contributed by atoms with Gasteiger partial charge in [-0.1, -0.05) is 0 Å². The van der Waals surface area contributed by atoms with Crippen LogP contribution in [0.25, 0.3) is 0 Å². The molecule has 0 bridgehead atoms. The van der Waals surface area contributed by atoms with Gasteiger partial charge in [0.1, 0.15) is 0 Å². The van der Waals surface area contributed by atoms with Crippen LogP contribution in [0.2, 0.25) is 0 Å². The second-order valence-electron chi connectivity index (χ2n) is 5.23. The number of sulfone groups is 1. The normalized spacial score (nSPS) is 15.1. The molecule has 7 nitrogen and oxygen atoms in total. The van der Waals surface area contributed by atoms with Crippen LogP contribution in [0.3, 0.4) is 0 Å². The summed E-state index contributed by atoms with van der Waals surface area (Å²) in [5.74, 6) is -2.90. The van der Waals surface area contributed by atoms with Gasteiger partial charge in [-0.25, -0.2) is 18.3 Å². The lowest BCUT2D eigenvalue weighted by Crippen LogP contribution is -2.19. The van der Waals surface area contributed by atoms with Gasteiger partial charge in [-0.05, 0) is 37.1 Å². The summed E-state index contributed by atoms with van der Waals surface area (Å²) in [5.41, 5.74) is 0.277. The molecule has 23 heavy (non-hydrogen) atoms. The minimum Gasteiger partial charge on any atom is -0.378 e. The number of hydrogen-bond acceptors (Lipinski definition) is 5. The van der Waals surface area contributed by atoms with Crippen molar-refractivity contribution in [3.05, 3.63) is 40.6 Å². The first-order valence-corrected chi connectivity index (χ1v) is 8.46. The van der Waals surface area contributed by atoms with Crippen LogP contribution in [0.4, 0.5) is 14.5 Å². The van der Waals surface area contributed by atoms with Crippen molar-refractivity contribution < 1.29 is 17.2 Å². The molecule has 0 amide bonds. The van der Waals surface area contributed by atoms with E-state index in [-0.39, 0.29) is 18.3 Å². The van der Waals surface area contributed by atoms with E-state index >= 15 is 0 Å². The molecule has 1 aliphatic carbocycles. The minimum atomic E-state index is -4.59. The zero-order valence-electron chi connectivity index (χ0n) is 11.9. The predicted molar refractivity (Wildman–Crippen MR) is 78.1 cm³/mol. The molecule has 10 heteroatoms. The predicted octanol–water partition coefficient (Wildman–Crippen LogP) is 1.51. The second-order valence-corrected chi connectivity index (χ2v) is 7.15. The third kappa shape index (κ3) is 3.11. The third-order valence-corrected chi connectivity index (χ3v) is 4.96. The summed E-state index contributed by atoms with van der Waals surface area (Å²) in [5, 5.41) is 9.31. The highest BCUT2D eigenvalue weighted by Gasteiger charge is 2.28. The van der Waals surface area contributed by atoms with E-state index in [1.165, 1.54) is 12.1 Å². The summed E-state index contributed by atoms with van der Waals surface area (Å²) >= 11 is 0. The van der Waals surface area contributed by atoms with Crippen molar-refractivity contribution in [3.8, 4) is 0 Å². The first-order valence-electron chi connectivity index (χ1n) is 6.91. The Morgan fingerprint density at radius 2 is 1.96 bits per heavy atom. The zero-order valence-corrected chi connectivity index (χ0v) is 12.7. The zero-order chi connectivity index (χ0) is 16.6. The summed E-state index contributed by atoms with van der Waals surface area (Å²) in [6, 6.07) is 5.19. The molecule has 0 unspecified atom stereocenters. The molecule has 1 fully saturated rings. The van der Waals surface area contributed by atoms with E-state index in [1.54, 1.807) is 4.57 Å². The number of H-pyrrole nitrogens is 1. The van der Waals surface area contributed by atoms with Gasteiger partial charge in [0.2, 0.25) is 9.84 Å². The first kappa shape index (κ1) is 15.7. The van der Waals surface area contributed by atoms with Crippen LogP contribution in [-0.2, 0) is 16.4 Å². The van der Waals surface area contributed by atoms with Crippen LogP contribution in [-0.4, -0.2) is 28.9 Å². The Kier molecular flexibility index (Phi) is 3.92. The standard InChI is InChI=1S/C13H14F2N4O3S/c14-12(15)23(21,22)10-5-1-8(2-6-10)16-7-11-17-18-13(20)19(11)9-3-4-9/h1-2,5-6,9,12,16H,3-4,7H2,(H,18,20). The lowest BCUT2D eigenvalue weighted by Gasteiger charge is -2.08. The molecule has 0 spiro atoms. The maximum Gasteiger partial charge on any atom is 0.343 e. The molecule has 0 aliphatic heterocycles. The number of hydrogen-bond donors (Lipinski definition) is 2. The van der Waals surface area contributed by atoms with Crippen molar-refractivity contribution in [2.24, 2.45) is 0 Å². The van der Waals surface area contributed by atoms with Crippen LogP contribution >= 0.6 is 0 Å². The number of benzene rings is 1. The molecule has 2 N–H and O–H groups in total. The smallest absolute Gasteiger partial charge is 0.343 e. The topological polar surface area (TPSA) is 96.8 Å². The summed E-state index contributed by atoms with van der Waals surface area (Å²) in [7, 11) is -4.59. The van der Waals surface area contributed by atoms with Gasteiger partial charge in [-0.15, -0.1) is 0 Å². The van der Waals surface area contributed by atoms with Crippen molar-refractivity contribution in [2.75, 3.05) is 5.32 Å². The van der Waals surface area contributed by atoms with Gasteiger partial charge in [0.25, 0.3) is 0 Å². The fraction of sp³-hybridized carbons (Fsp3) is 0.385. The van der Waals surface area contributed by atoms with Crippen molar-refractivity contribution in [2.45, 2.75) is 36.1 Å². The van der Waals surface area contributed by atoms with Gasteiger partial charge in [0.05, 0.1) is 11.4 Å². The van der Waals surface area contributed by atoms with Crippen molar-refractivity contribution in [1.29, 1.82) is 0 Å². The number of rotatable bonds is 6. The summed E-state index contributed by atoms with van der Waals surface area (Å²) in [4.78, 5) is 11.2. The Bertz CT molecular complexity index is 854. The highest BCUT2D eigenvalue weighted by Crippen LogP contribution is 2.34. The second kappa shape index (κ2) is 5.76. The molecule has 3 rings (SSSR count). The van der Waals surface area contributed by atoms with Gasteiger partial charge < -0.3 is 5.32 Å². The summed E-state index contributed by atoms with van der Waals surface area (Å²) < 4.78 is 49.1. The third-order valence-electron chi connectivity index (χ3n) is 3.56. The van der Waals surface area contributed by atoms with Crippen LogP contribution in [0.15, 0.2) is 34.0 Å². The minimum absolute atomic E-state index is 0.177. The number of nitrogens with one attached hydrogen (secondary N) is 2. The Morgan fingerprint density at radius 3 is 2.52 bits per heavy atom. The lowest BCUT2D eigenvalue weighted by molar-refractivity contribution is 0.234. The van der Waals surface area contributed by atoms with E-state index in [0.717, 1.165) is 25.0 Å². The molecule has 1 aromatic heterocycles. The summed E-state index contributed by atoms with van der Waals surface area (Å²) in [6.45, 7) is 0.260. The molecule has 1 saturated carbocycles. The Balaban J connectivity index is 1.71. The molecular formula is C13H14F2N4O3S. The van der Waals surface area contributed by atoms with Crippen LogP contribution in [0, 0.1) is 0 Å². The lowest BCUT2D eigenvalue weighted by atomic mass is 10.3. The van der Waals surface area contributed by atoms with E-state index in [0.29, 0.717) is 11.5 Å². The number of anilines is 1. The van der Waals surface area contributed by atoms with Crippen LogP contribution in [0.5, 0.6) is 0 Å². The number of nitrogens with zero attached hydrogens (tertiary/aromatic N) is 2. The average molecular weight is 344 g/mol. The van der Waals surface area contributed by atoms with E-state index < -0.39 is 20.5 Å². The monoisotopic (exact) mass is 344 g/mol. The SMILES string of the molecule is O=c1[nH]nc(CNc2ccc(S(=O)(=O)C(F)F)cc2)n1C1CC1. The van der Waals surface area contributed by atoms with Gasteiger partial charge in [-0.2, -0.15) is 13.9 Å². The molecule has 1 heterocycles. The Morgan fingerprint density at radius 1 is 1.30 bits per heavy atom. The quantitative estimate of drug-likeness (QED) is 0.828. The molecule has 0 radical (unpaired) electrons. The van der Waals surface area contributed by atoms with E-state index in [2.05, 4.69) is 15.5 Å². The largest absolute Gasteiger partial charge is 0.378 e. The number of aromatic nitrogens is 3. The average Bonchev–Trinajstić information content (AvgIpc) is 3.29. The molecule has 1 aromatic carbocycles.